The number of likely N-dealkylation sites (N-methyl/N-ethyl adjacent to an activating group) is 1. The van der Waals surface area contributed by atoms with Gasteiger partial charge in [0.05, 0.1) is 11.8 Å². The number of amides is 1. The summed E-state index contributed by atoms with van der Waals surface area (Å²) in [5, 5.41) is 0. The van der Waals surface area contributed by atoms with Gasteiger partial charge in [0.25, 0.3) is 0 Å². The summed E-state index contributed by atoms with van der Waals surface area (Å²) >= 11 is 10.7. The van der Waals surface area contributed by atoms with Crippen molar-refractivity contribution in [2.24, 2.45) is 0 Å². The van der Waals surface area contributed by atoms with E-state index in [-0.39, 0.29) is 25.0 Å². The van der Waals surface area contributed by atoms with Gasteiger partial charge in [-0.15, -0.1) is 23.2 Å². The molecular weight excluding hydrogens is 257 g/mol. The molecule has 0 aromatic carbocycles. The summed E-state index contributed by atoms with van der Waals surface area (Å²) in [5.41, 5.74) is 0. The zero-order chi connectivity index (χ0) is 12.6. The van der Waals surface area contributed by atoms with Gasteiger partial charge in [0.2, 0.25) is 0 Å². The van der Waals surface area contributed by atoms with Gasteiger partial charge < -0.3 is 9.47 Å². The molecule has 0 aliphatic carbocycles. The molecule has 0 bridgehead atoms. The summed E-state index contributed by atoms with van der Waals surface area (Å²) in [4.78, 5) is 23.8. The lowest BCUT2D eigenvalue weighted by Crippen LogP contribution is -2.41. The molecule has 16 heavy (non-hydrogen) atoms. The lowest BCUT2D eigenvalue weighted by atomic mass is 10.3. The number of halogens is 2. The zero-order valence-electron chi connectivity index (χ0n) is 9.24. The van der Waals surface area contributed by atoms with Gasteiger partial charge in [-0.2, -0.15) is 0 Å². The van der Waals surface area contributed by atoms with Crippen LogP contribution >= 0.6 is 23.2 Å². The molecule has 0 aliphatic rings. The van der Waals surface area contributed by atoms with E-state index in [1.807, 2.05) is 0 Å². The predicted octanol–water partition coefficient (Wildman–Crippen LogP) is 1.46. The Hall–Kier alpha value is -0.680. The smallest absolute Gasteiger partial charge is 0.410 e. The fraction of sp³-hybridized carbons (Fsp3) is 0.778. The third-order valence-corrected chi connectivity index (χ3v) is 2.14. The van der Waals surface area contributed by atoms with Crippen molar-refractivity contribution >= 4 is 35.3 Å². The van der Waals surface area contributed by atoms with Crippen molar-refractivity contribution in [2.45, 2.75) is 13.0 Å². The summed E-state index contributed by atoms with van der Waals surface area (Å²) in [6, 6.07) is -0.717. The van der Waals surface area contributed by atoms with Gasteiger partial charge in [0.15, 0.2) is 0 Å². The van der Waals surface area contributed by atoms with Crippen LogP contribution in [-0.2, 0) is 14.3 Å². The van der Waals surface area contributed by atoms with Gasteiger partial charge in [-0.1, -0.05) is 0 Å². The van der Waals surface area contributed by atoms with Gasteiger partial charge >= 0.3 is 12.1 Å². The van der Waals surface area contributed by atoms with Crippen LogP contribution in [0.1, 0.15) is 6.92 Å². The van der Waals surface area contributed by atoms with Crippen molar-refractivity contribution in [3.8, 4) is 0 Å². The van der Waals surface area contributed by atoms with E-state index in [0.29, 0.717) is 0 Å². The Morgan fingerprint density at radius 2 is 1.69 bits per heavy atom. The van der Waals surface area contributed by atoms with Crippen LogP contribution in [0.3, 0.4) is 0 Å². The topological polar surface area (TPSA) is 55.8 Å². The number of carbonyl (C=O) groups is 2. The number of nitrogens with zero attached hydrogens (tertiary/aromatic N) is 1. The fourth-order valence-corrected chi connectivity index (χ4v) is 0.958. The highest BCUT2D eigenvalue weighted by Gasteiger charge is 2.24. The molecule has 0 aliphatic heterocycles. The van der Waals surface area contributed by atoms with Crippen molar-refractivity contribution in [3.63, 3.8) is 0 Å². The number of ether oxygens (including phenoxy) is 2. The van der Waals surface area contributed by atoms with Crippen LogP contribution in [0.15, 0.2) is 0 Å². The third kappa shape index (κ3) is 5.42. The average Bonchev–Trinajstić information content (AvgIpc) is 2.30. The standard InChI is InChI=1S/C9H15Cl2NO4/c1-7(8(13)15-5-3-10)12(2)9(14)16-6-4-11/h7H,3-6H2,1-2H3. The molecular formula is C9H15Cl2NO4. The number of esters is 1. The lowest BCUT2D eigenvalue weighted by Gasteiger charge is -2.22. The maximum absolute atomic E-state index is 11.4. The monoisotopic (exact) mass is 271 g/mol. The van der Waals surface area contributed by atoms with E-state index in [2.05, 4.69) is 0 Å². The minimum absolute atomic E-state index is 0.105. The Balaban J connectivity index is 4.09. The average molecular weight is 272 g/mol. The van der Waals surface area contributed by atoms with Gasteiger partial charge in [-0.3, -0.25) is 4.90 Å². The molecule has 0 aromatic heterocycles. The number of hydrogen-bond donors (Lipinski definition) is 0. The number of rotatable bonds is 6. The summed E-state index contributed by atoms with van der Waals surface area (Å²) < 4.78 is 9.53. The van der Waals surface area contributed by atoms with Gasteiger partial charge in [0.1, 0.15) is 19.3 Å². The molecule has 0 spiro atoms. The van der Waals surface area contributed by atoms with Crippen LogP contribution in [-0.4, -0.2) is 55.0 Å². The maximum Gasteiger partial charge on any atom is 0.410 e. The molecule has 0 heterocycles. The predicted molar refractivity (Wildman–Crippen MR) is 61.0 cm³/mol. The van der Waals surface area contributed by atoms with Crippen molar-refractivity contribution in [2.75, 3.05) is 32.0 Å². The first-order chi connectivity index (χ1) is 7.54. The van der Waals surface area contributed by atoms with E-state index >= 15 is 0 Å². The SMILES string of the molecule is CC(C(=O)OCCCl)N(C)C(=O)OCCCl. The minimum Gasteiger partial charge on any atom is -0.463 e. The van der Waals surface area contributed by atoms with E-state index in [1.165, 1.54) is 7.05 Å². The molecule has 0 N–H and O–H groups in total. The Morgan fingerprint density at radius 3 is 2.19 bits per heavy atom. The first kappa shape index (κ1) is 15.3. The second-order valence-electron chi connectivity index (χ2n) is 2.95. The molecule has 1 amide bonds. The summed E-state index contributed by atoms with van der Waals surface area (Å²) in [6.07, 6.45) is -0.615. The molecule has 0 fully saturated rings. The first-order valence-electron chi connectivity index (χ1n) is 4.72. The summed E-state index contributed by atoms with van der Waals surface area (Å²) in [6.45, 7) is 1.77. The molecule has 0 saturated heterocycles. The zero-order valence-corrected chi connectivity index (χ0v) is 10.8. The van der Waals surface area contributed by atoms with Crippen LogP contribution < -0.4 is 0 Å². The van der Waals surface area contributed by atoms with Crippen LogP contribution in [0.2, 0.25) is 0 Å². The molecule has 1 unspecified atom stereocenters. The quantitative estimate of drug-likeness (QED) is 0.542. The molecule has 94 valence electrons. The van der Waals surface area contributed by atoms with Gasteiger partial charge in [0, 0.05) is 7.05 Å². The highest BCUT2D eigenvalue weighted by Crippen LogP contribution is 2.02. The van der Waals surface area contributed by atoms with Crippen LogP contribution in [0.4, 0.5) is 4.79 Å². The Kier molecular flexibility index (Phi) is 8.11. The first-order valence-corrected chi connectivity index (χ1v) is 5.79. The van der Waals surface area contributed by atoms with E-state index in [1.54, 1.807) is 6.92 Å². The third-order valence-electron chi connectivity index (χ3n) is 1.83. The van der Waals surface area contributed by atoms with Gasteiger partial charge in [-0.25, -0.2) is 9.59 Å². The Morgan fingerprint density at radius 1 is 1.19 bits per heavy atom. The van der Waals surface area contributed by atoms with Crippen LogP contribution in [0, 0.1) is 0 Å². The normalized spacial score (nSPS) is 11.8. The van der Waals surface area contributed by atoms with E-state index < -0.39 is 18.1 Å². The van der Waals surface area contributed by atoms with Crippen molar-refractivity contribution in [1.29, 1.82) is 0 Å². The molecule has 1 atom stereocenters. The van der Waals surface area contributed by atoms with Crippen molar-refractivity contribution in [1.82, 2.24) is 4.90 Å². The summed E-state index contributed by atoms with van der Waals surface area (Å²) in [5.74, 6) is -0.0882. The molecule has 7 heteroatoms. The highest BCUT2D eigenvalue weighted by atomic mass is 35.5. The van der Waals surface area contributed by atoms with E-state index in [0.717, 1.165) is 4.90 Å². The van der Waals surface area contributed by atoms with Crippen LogP contribution in [0.5, 0.6) is 0 Å². The minimum atomic E-state index is -0.717. The number of hydrogen-bond acceptors (Lipinski definition) is 4. The highest BCUT2D eigenvalue weighted by molar-refractivity contribution is 6.18. The van der Waals surface area contributed by atoms with Crippen molar-refractivity contribution in [3.05, 3.63) is 0 Å². The van der Waals surface area contributed by atoms with Crippen molar-refractivity contribution < 1.29 is 19.1 Å². The Bertz CT molecular complexity index is 214. The summed E-state index contributed by atoms with van der Waals surface area (Å²) in [7, 11) is 1.45. The maximum atomic E-state index is 11.4. The Labute approximate surface area is 105 Å². The second-order valence-corrected chi connectivity index (χ2v) is 3.70. The van der Waals surface area contributed by atoms with E-state index in [9.17, 15) is 9.59 Å². The molecule has 0 aromatic rings. The molecule has 0 saturated carbocycles. The molecule has 0 rings (SSSR count). The number of alkyl halides is 2. The fourth-order valence-electron chi connectivity index (χ4n) is 0.804. The van der Waals surface area contributed by atoms with Crippen LogP contribution in [0.25, 0.3) is 0 Å². The van der Waals surface area contributed by atoms with Gasteiger partial charge in [-0.05, 0) is 6.92 Å². The molecule has 0 radical (unpaired) electrons. The second kappa shape index (κ2) is 8.47. The van der Waals surface area contributed by atoms with E-state index in [4.69, 9.17) is 32.7 Å². The largest absolute Gasteiger partial charge is 0.463 e. The molecule has 5 nitrogen and oxygen atoms in total. The lowest BCUT2D eigenvalue weighted by molar-refractivity contribution is -0.147. The number of carbonyl (C=O) groups excluding carboxylic acids is 2.